The molecule has 0 radical (unpaired) electrons. The average molecular weight is 456 g/mol. The van der Waals surface area contributed by atoms with Gasteiger partial charge in [-0.2, -0.15) is 13.1 Å². The second-order valence-corrected chi connectivity index (χ2v) is 8.80. The number of carbonyl (C=O) groups is 1. The lowest BCUT2D eigenvalue weighted by Gasteiger charge is -2.19. The maximum absolute atomic E-state index is 12.7. The number of amides is 1. The fourth-order valence-corrected chi connectivity index (χ4v) is 4.58. The summed E-state index contributed by atoms with van der Waals surface area (Å²) in [5.41, 5.74) is 1.08. The molecule has 31 heavy (non-hydrogen) atoms. The van der Waals surface area contributed by atoms with E-state index in [1.54, 1.807) is 50.1 Å². The van der Waals surface area contributed by atoms with E-state index in [9.17, 15) is 22.0 Å². The van der Waals surface area contributed by atoms with Gasteiger partial charge in [0.25, 0.3) is 0 Å². The molecular weight excluding hydrogens is 428 g/mol. The Morgan fingerprint density at radius 1 is 1.10 bits per heavy atom. The lowest BCUT2D eigenvalue weighted by molar-refractivity contribution is -0.117. The number of anilines is 1. The number of halogens is 2. The van der Waals surface area contributed by atoms with Crippen molar-refractivity contribution in [1.29, 1.82) is 0 Å². The van der Waals surface area contributed by atoms with Gasteiger partial charge in [0.15, 0.2) is 0 Å². The first kappa shape index (κ1) is 24.7. The lowest BCUT2D eigenvalue weighted by Crippen LogP contribution is -2.31. The predicted octanol–water partition coefficient (Wildman–Crippen LogP) is 3.39. The number of carbonyl (C=O) groups excluding carboxylic acids is 1. The molecular formula is C21H27F2N3O4S. The molecule has 0 bridgehead atoms. The van der Waals surface area contributed by atoms with Crippen LogP contribution in [-0.4, -0.2) is 56.8 Å². The zero-order valence-corrected chi connectivity index (χ0v) is 18.5. The number of alkyl halides is 2. The maximum Gasteiger partial charge on any atom is 0.387 e. The molecule has 0 aliphatic heterocycles. The molecule has 1 amide bonds. The van der Waals surface area contributed by atoms with E-state index < -0.39 is 16.6 Å². The number of sulfonamides is 1. The maximum atomic E-state index is 12.7. The zero-order chi connectivity index (χ0) is 23.0. The Morgan fingerprint density at radius 2 is 1.77 bits per heavy atom. The fourth-order valence-electron chi connectivity index (χ4n) is 3.08. The Balaban J connectivity index is 2.00. The van der Waals surface area contributed by atoms with Gasteiger partial charge < -0.3 is 10.1 Å². The molecule has 0 spiro atoms. The predicted molar refractivity (Wildman–Crippen MR) is 115 cm³/mol. The minimum absolute atomic E-state index is 0.0208. The molecule has 2 aromatic rings. The van der Waals surface area contributed by atoms with Gasteiger partial charge in [-0.25, -0.2) is 8.42 Å². The third-order valence-corrected chi connectivity index (χ3v) is 6.50. The second-order valence-electron chi connectivity index (χ2n) is 6.86. The van der Waals surface area contributed by atoms with E-state index in [-0.39, 0.29) is 23.1 Å². The van der Waals surface area contributed by atoms with E-state index in [1.807, 2.05) is 0 Å². The van der Waals surface area contributed by atoms with Gasteiger partial charge in [-0.15, -0.1) is 0 Å². The van der Waals surface area contributed by atoms with Crippen molar-refractivity contribution in [2.24, 2.45) is 0 Å². The van der Waals surface area contributed by atoms with Crippen LogP contribution in [0.5, 0.6) is 5.75 Å². The molecule has 0 saturated carbocycles. The van der Waals surface area contributed by atoms with Crippen molar-refractivity contribution in [1.82, 2.24) is 9.21 Å². The van der Waals surface area contributed by atoms with Crippen molar-refractivity contribution in [3.63, 3.8) is 0 Å². The van der Waals surface area contributed by atoms with Crippen molar-refractivity contribution >= 4 is 21.6 Å². The van der Waals surface area contributed by atoms with Crippen LogP contribution in [0.2, 0.25) is 0 Å². The van der Waals surface area contributed by atoms with E-state index >= 15 is 0 Å². The summed E-state index contributed by atoms with van der Waals surface area (Å²) >= 11 is 0. The van der Waals surface area contributed by atoms with Crippen LogP contribution in [0.25, 0.3) is 0 Å². The average Bonchev–Trinajstić information content (AvgIpc) is 2.68. The Hall–Kier alpha value is -2.56. The van der Waals surface area contributed by atoms with Gasteiger partial charge in [0, 0.05) is 25.3 Å². The van der Waals surface area contributed by atoms with Gasteiger partial charge >= 0.3 is 6.61 Å². The highest BCUT2D eigenvalue weighted by atomic mass is 32.2. The highest BCUT2D eigenvalue weighted by Crippen LogP contribution is 2.20. The molecule has 0 aliphatic carbocycles. The first-order valence-electron chi connectivity index (χ1n) is 9.78. The number of hydrogen-bond acceptors (Lipinski definition) is 5. The van der Waals surface area contributed by atoms with Crippen molar-refractivity contribution in [3.8, 4) is 5.75 Å². The van der Waals surface area contributed by atoms with Crippen molar-refractivity contribution in [2.75, 3.05) is 32.0 Å². The lowest BCUT2D eigenvalue weighted by atomic mass is 10.2. The van der Waals surface area contributed by atoms with E-state index in [0.717, 1.165) is 0 Å². The molecule has 1 N–H and O–H groups in total. The Bertz CT molecular complexity index is 982. The molecule has 2 rings (SSSR count). The minimum atomic E-state index is -3.63. The number of benzene rings is 2. The van der Waals surface area contributed by atoms with Gasteiger partial charge in [-0.1, -0.05) is 32.0 Å². The summed E-state index contributed by atoms with van der Waals surface area (Å²) in [5.74, 6) is -0.281. The van der Waals surface area contributed by atoms with Crippen LogP contribution >= 0.6 is 0 Å². The third-order valence-electron chi connectivity index (χ3n) is 4.45. The fraction of sp³-hybridized carbons (Fsp3) is 0.381. The summed E-state index contributed by atoms with van der Waals surface area (Å²) in [5, 5.41) is 2.70. The molecule has 0 aromatic heterocycles. The first-order valence-corrected chi connectivity index (χ1v) is 11.2. The number of nitrogens with one attached hydrogen (secondary N) is 1. The van der Waals surface area contributed by atoms with Gasteiger partial charge in [0.1, 0.15) is 5.75 Å². The molecule has 2 aromatic carbocycles. The van der Waals surface area contributed by atoms with Crippen LogP contribution in [0.1, 0.15) is 19.4 Å². The van der Waals surface area contributed by atoms with Crippen LogP contribution in [0.15, 0.2) is 53.4 Å². The smallest absolute Gasteiger partial charge is 0.387 e. The molecule has 0 atom stereocenters. The minimum Gasteiger partial charge on any atom is -0.435 e. The number of hydrogen-bond donors (Lipinski definition) is 1. The van der Waals surface area contributed by atoms with Crippen LogP contribution in [0.3, 0.4) is 0 Å². The number of likely N-dealkylation sites (N-methyl/N-ethyl adjacent to an activating group) is 1. The Labute approximate surface area is 181 Å². The Morgan fingerprint density at radius 3 is 2.42 bits per heavy atom. The normalized spacial score (nSPS) is 11.9. The highest BCUT2D eigenvalue weighted by molar-refractivity contribution is 7.89. The van der Waals surface area contributed by atoms with Gasteiger partial charge in [-0.05, 0) is 42.9 Å². The van der Waals surface area contributed by atoms with Crippen molar-refractivity contribution < 1.29 is 26.7 Å². The van der Waals surface area contributed by atoms with E-state index in [0.29, 0.717) is 30.9 Å². The topological polar surface area (TPSA) is 79.0 Å². The number of rotatable bonds is 11. The standard InChI is InChI=1S/C21H27F2N3O4S/c1-4-26(5-2)31(28,29)19-11-7-9-17(13-19)24-20(27)15-25(3)14-16-8-6-10-18(12-16)30-21(22)23/h6-13,21H,4-5,14-15H2,1-3H3,(H,24,27). The molecule has 0 unspecified atom stereocenters. The summed E-state index contributed by atoms with van der Waals surface area (Å²) in [6.07, 6.45) is 0. The summed E-state index contributed by atoms with van der Waals surface area (Å²) in [6, 6.07) is 12.4. The van der Waals surface area contributed by atoms with Crippen molar-refractivity contribution in [3.05, 3.63) is 54.1 Å². The summed E-state index contributed by atoms with van der Waals surface area (Å²) < 4.78 is 55.7. The molecule has 0 fully saturated rings. The molecule has 0 saturated heterocycles. The van der Waals surface area contributed by atoms with Gasteiger partial charge in [0.05, 0.1) is 11.4 Å². The summed E-state index contributed by atoms with van der Waals surface area (Å²) in [6.45, 7) is 1.68. The van der Waals surface area contributed by atoms with Gasteiger partial charge in [0.2, 0.25) is 15.9 Å². The zero-order valence-electron chi connectivity index (χ0n) is 17.7. The third kappa shape index (κ3) is 7.27. The molecule has 10 heteroatoms. The van der Waals surface area contributed by atoms with Crippen LogP contribution in [0.4, 0.5) is 14.5 Å². The van der Waals surface area contributed by atoms with E-state index in [1.165, 1.54) is 28.6 Å². The molecule has 7 nitrogen and oxygen atoms in total. The monoisotopic (exact) mass is 455 g/mol. The summed E-state index contributed by atoms with van der Waals surface area (Å²) in [7, 11) is -1.92. The van der Waals surface area contributed by atoms with E-state index in [2.05, 4.69) is 10.1 Å². The van der Waals surface area contributed by atoms with Crippen LogP contribution < -0.4 is 10.1 Å². The van der Waals surface area contributed by atoms with Crippen molar-refractivity contribution in [2.45, 2.75) is 31.9 Å². The first-order chi connectivity index (χ1) is 14.6. The molecule has 0 heterocycles. The quantitative estimate of drug-likeness (QED) is 0.562. The van der Waals surface area contributed by atoms with Gasteiger partial charge in [-0.3, -0.25) is 9.69 Å². The van der Waals surface area contributed by atoms with Crippen LogP contribution in [0, 0.1) is 0 Å². The number of nitrogens with zero attached hydrogens (tertiary/aromatic N) is 2. The highest BCUT2D eigenvalue weighted by Gasteiger charge is 2.22. The molecule has 170 valence electrons. The largest absolute Gasteiger partial charge is 0.435 e. The molecule has 0 aliphatic rings. The number of ether oxygens (including phenoxy) is 1. The van der Waals surface area contributed by atoms with Crippen LogP contribution in [-0.2, 0) is 21.4 Å². The SMILES string of the molecule is CCN(CC)S(=O)(=O)c1cccc(NC(=O)CN(C)Cc2cccc(OC(F)F)c2)c1. The van der Waals surface area contributed by atoms with E-state index in [4.69, 9.17) is 0 Å². The second kappa shape index (κ2) is 11.2. The summed E-state index contributed by atoms with van der Waals surface area (Å²) in [4.78, 5) is 14.2. The Kier molecular flexibility index (Phi) is 8.90.